The number of nitro benzene ring substituents is 1. The van der Waals surface area contributed by atoms with Crippen molar-refractivity contribution in [1.29, 1.82) is 0 Å². The molecule has 1 aromatic heterocycles. The molecule has 114 valence electrons. The maximum absolute atomic E-state index is 12.0. The van der Waals surface area contributed by atoms with Gasteiger partial charge in [-0.3, -0.25) is 19.9 Å². The van der Waals surface area contributed by atoms with Gasteiger partial charge in [0, 0.05) is 36.5 Å². The number of hydrogen-bond donors (Lipinski definition) is 1. The smallest absolute Gasteiger partial charge is 0.311 e. The van der Waals surface area contributed by atoms with Crippen molar-refractivity contribution in [1.82, 2.24) is 10.3 Å². The van der Waals surface area contributed by atoms with Crippen molar-refractivity contribution in [2.75, 3.05) is 13.7 Å². The number of carbonyl (C=O) groups is 1. The van der Waals surface area contributed by atoms with Crippen LogP contribution in [-0.2, 0) is 6.42 Å². The second-order valence-corrected chi connectivity index (χ2v) is 4.47. The summed E-state index contributed by atoms with van der Waals surface area (Å²) < 4.78 is 4.90. The number of benzene rings is 1. The monoisotopic (exact) mass is 301 g/mol. The van der Waals surface area contributed by atoms with E-state index in [1.54, 1.807) is 6.20 Å². The average molecular weight is 301 g/mol. The van der Waals surface area contributed by atoms with Gasteiger partial charge in [0.2, 0.25) is 0 Å². The van der Waals surface area contributed by atoms with Crippen LogP contribution in [0.15, 0.2) is 42.6 Å². The molecule has 0 atom stereocenters. The summed E-state index contributed by atoms with van der Waals surface area (Å²) in [4.78, 5) is 26.5. The van der Waals surface area contributed by atoms with E-state index in [0.717, 1.165) is 5.69 Å². The lowest BCUT2D eigenvalue weighted by atomic mass is 10.1. The summed E-state index contributed by atoms with van der Waals surface area (Å²) in [6, 6.07) is 9.66. The number of rotatable bonds is 6. The Kier molecular flexibility index (Phi) is 5.02. The Hall–Kier alpha value is -2.96. The first-order chi connectivity index (χ1) is 10.6. The number of nitro groups is 1. The van der Waals surface area contributed by atoms with E-state index in [0.29, 0.717) is 13.0 Å². The van der Waals surface area contributed by atoms with Gasteiger partial charge in [-0.05, 0) is 24.3 Å². The molecule has 0 spiro atoms. The number of pyridine rings is 1. The van der Waals surface area contributed by atoms with Gasteiger partial charge in [-0.1, -0.05) is 6.07 Å². The minimum Gasteiger partial charge on any atom is -0.490 e. The molecule has 1 N–H and O–H groups in total. The fourth-order valence-corrected chi connectivity index (χ4v) is 1.93. The Morgan fingerprint density at radius 2 is 2.18 bits per heavy atom. The molecular weight excluding hydrogens is 286 g/mol. The molecule has 7 heteroatoms. The molecule has 0 saturated heterocycles. The third kappa shape index (κ3) is 3.78. The van der Waals surface area contributed by atoms with Crippen LogP contribution in [0.1, 0.15) is 16.1 Å². The second-order valence-electron chi connectivity index (χ2n) is 4.47. The molecule has 0 unspecified atom stereocenters. The van der Waals surface area contributed by atoms with Crippen LogP contribution >= 0.6 is 0 Å². The number of aromatic nitrogens is 1. The highest BCUT2D eigenvalue weighted by molar-refractivity contribution is 5.95. The topological polar surface area (TPSA) is 94.4 Å². The summed E-state index contributed by atoms with van der Waals surface area (Å²) in [6.07, 6.45) is 2.27. The van der Waals surface area contributed by atoms with E-state index in [1.165, 1.54) is 25.3 Å². The summed E-state index contributed by atoms with van der Waals surface area (Å²) in [5, 5.41) is 13.6. The normalized spacial score (nSPS) is 10.0. The van der Waals surface area contributed by atoms with E-state index in [9.17, 15) is 14.9 Å². The van der Waals surface area contributed by atoms with Gasteiger partial charge < -0.3 is 10.1 Å². The molecule has 0 radical (unpaired) electrons. The largest absolute Gasteiger partial charge is 0.490 e. The van der Waals surface area contributed by atoms with Crippen LogP contribution in [0.4, 0.5) is 5.69 Å². The zero-order chi connectivity index (χ0) is 15.9. The van der Waals surface area contributed by atoms with Crippen LogP contribution in [0.3, 0.4) is 0 Å². The van der Waals surface area contributed by atoms with Crippen LogP contribution in [-0.4, -0.2) is 29.5 Å². The molecular formula is C15H15N3O4. The minimum atomic E-state index is -0.580. The summed E-state index contributed by atoms with van der Waals surface area (Å²) in [6.45, 7) is 0.398. The van der Waals surface area contributed by atoms with Crippen molar-refractivity contribution in [3.05, 3.63) is 64.0 Å². The molecule has 7 nitrogen and oxygen atoms in total. The number of nitrogens with zero attached hydrogens (tertiary/aromatic N) is 2. The van der Waals surface area contributed by atoms with E-state index >= 15 is 0 Å². The van der Waals surface area contributed by atoms with E-state index in [2.05, 4.69) is 10.3 Å². The number of methoxy groups -OCH3 is 1. The third-order valence-electron chi connectivity index (χ3n) is 3.03. The molecule has 0 aliphatic rings. The predicted molar refractivity (Wildman–Crippen MR) is 79.9 cm³/mol. The maximum atomic E-state index is 12.0. The molecule has 2 aromatic rings. The predicted octanol–water partition coefficient (Wildman–Crippen LogP) is 1.97. The molecule has 1 amide bonds. The van der Waals surface area contributed by atoms with Gasteiger partial charge >= 0.3 is 5.69 Å². The fraction of sp³-hybridized carbons (Fsp3) is 0.200. The molecule has 0 saturated carbocycles. The third-order valence-corrected chi connectivity index (χ3v) is 3.03. The van der Waals surface area contributed by atoms with Crippen molar-refractivity contribution in [2.24, 2.45) is 0 Å². The van der Waals surface area contributed by atoms with Gasteiger partial charge in [0.1, 0.15) is 0 Å². The van der Waals surface area contributed by atoms with Crippen molar-refractivity contribution < 1.29 is 14.5 Å². The Bertz CT molecular complexity index is 674. The molecule has 1 aromatic carbocycles. The van der Waals surface area contributed by atoms with Crippen LogP contribution < -0.4 is 10.1 Å². The van der Waals surface area contributed by atoms with Crippen LogP contribution in [0.25, 0.3) is 0 Å². The van der Waals surface area contributed by atoms with Gasteiger partial charge in [0.25, 0.3) is 5.91 Å². The van der Waals surface area contributed by atoms with Gasteiger partial charge in [0.15, 0.2) is 5.75 Å². The molecule has 1 heterocycles. The van der Waals surface area contributed by atoms with E-state index in [-0.39, 0.29) is 22.9 Å². The second kappa shape index (κ2) is 7.16. The van der Waals surface area contributed by atoms with Gasteiger partial charge in [0.05, 0.1) is 12.0 Å². The molecule has 0 fully saturated rings. The van der Waals surface area contributed by atoms with Crippen molar-refractivity contribution in [3.8, 4) is 5.75 Å². The van der Waals surface area contributed by atoms with Crippen LogP contribution in [0.5, 0.6) is 5.75 Å². The van der Waals surface area contributed by atoms with Crippen molar-refractivity contribution in [2.45, 2.75) is 6.42 Å². The Balaban J connectivity index is 2.00. The van der Waals surface area contributed by atoms with Crippen molar-refractivity contribution in [3.63, 3.8) is 0 Å². The Morgan fingerprint density at radius 1 is 1.36 bits per heavy atom. The van der Waals surface area contributed by atoms with Gasteiger partial charge in [-0.2, -0.15) is 0 Å². The number of nitrogens with one attached hydrogen (secondary N) is 1. The van der Waals surface area contributed by atoms with E-state index < -0.39 is 4.92 Å². The SMILES string of the molecule is COc1ccc(C(=O)NCCc2ccccn2)cc1[N+](=O)[O-]. The van der Waals surface area contributed by atoms with E-state index in [4.69, 9.17) is 4.74 Å². The highest BCUT2D eigenvalue weighted by atomic mass is 16.6. The fourth-order valence-electron chi connectivity index (χ4n) is 1.93. The first-order valence-corrected chi connectivity index (χ1v) is 6.62. The first-order valence-electron chi connectivity index (χ1n) is 6.62. The molecule has 22 heavy (non-hydrogen) atoms. The summed E-state index contributed by atoms with van der Waals surface area (Å²) in [5.41, 5.74) is 0.844. The number of hydrogen-bond acceptors (Lipinski definition) is 5. The maximum Gasteiger partial charge on any atom is 0.311 e. The summed E-state index contributed by atoms with van der Waals surface area (Å²) in [5.74, 6) is -0.253. The molecule has 0 bridgehead atoms. The molecule has 2 rings (SSSR count). The highest BCUT2D eigenvalue weighted by Crippen LogP contribution is 2.27. The minimum absolute atomic E-state index is 0.120. The zero-order valence-electron chi connectivity index (χ0n) is 12.0. The van der Waals surface area contributed by atoms with Crippen LogP contribution in [0.2, 0.25) is 0 Å². The lowest BCUT2D eigenvalue weighted by molar-refractivity contribution is -0.385. The number of ether oxygens (including phenoxy) is 1. The summed E-state index contributed by atoms with van der Waals surface area (Å²) in [7, 11) is 1.34. The van der Waals surface area contributed by atoms with Crippen molar-refractivity contribution >= 4 is 11.6 Å². The molecule has 0 aliphatic carbocycles. The Morgan fingerprint density at radius 3 is 2.82 bits per heavy atom. The molecule has 0 aliphatic heterocycles. The van der Waals surface area contributed by atoms with Gasteiger partial charge in [-0.25, -0.2) is 0 Å². The number of carbonyl (C=O) groups excluding carboxylic acids is 1. The highest BCUT2D eigenvalue weighted by Gasteiger charge is 2.17. The van der Waals surface area contributed by atoms with E-state index in [1.807, 2.05) is 18.2 Å². The van der Waals surface area contributed by atoms with Gasteiger partial charge in [-0.15, -0.1) is 0 Å². The average Bonchev–Trinajstić information content (AvgIpc) is 2.55. The quantitative estimate of drug-likeness (QED) is 0.650. The Labute approximate surface area is 127 Å². The lowest BCUT2D eigenvalue weighted by Crippen LogP contribution is -2.25. The summed E-state index contributed by atoms with van der Waals surface area (Å²) >= 11 is 0. The first kappa shape index (κ1) is 15.4. The standard InChI is InChI=1S/C15H15N3O4/c1-22-14-6-5-11(10-13(14)18(20)21)15(19)17-9-7-12-4-2-3-8-16-12/h2-6,8,10H,7,9H2,1H3,(H,17,19). The van der Waals surface area contributed by atoms with Crippen LogP contribution in [0, 0.1) is 10.1 Å². The number of amides is 1. The zero-order valence-corrected chi connectivity index (χ0v) is 12.0. The lowest BCUT2D eigenvalue weighted by Gasteiger charge is -2.06.